The van der Waals surface area contributed by atoms with E-state index in [4.69, 9.17) is 15.2 Å². The fourth-order valence-corrected chi connectivity index (χ4v) is 4.33. The molecule has 3 heterocycles. The second-order valence-electron chi connectivity index (χ2n) is 10.5. The van der Waals surface area contributed by atoms with Crippen molar-refractivity contribution in [1.82, 2.24) is 20.2 Å². The predicted molar refractivity (Wildman–Crippen MR) is 138 cm³/mol. The number of amidine groups is 1. The zero-order valence-electron chi connectivity index (χ0n) is 22.0. The Morgan fingerprint density at radius 2 is 1.86 bits per heavy atom. The van der Waals surface area contributed by atoms with Crippen molar-refractivity contribution in [2.45, 2.75) is 77.9 Å². The van der Waals surface area contributed by atoms with Crippen LogP contribution >= 0.6 is 0 Å². The summed E-state index contributed by atoms with van der Waals surface area (Å²) in [5, 5.41) is 2.91. The molecule has 200 valence electrons. The van der Waals surface area contributed by atoms with Gasteiger partial charge in [-0.25, -0.2) is 19.6 Å². The molecular formula is C25H41N7O4. The first kappa shape index (κ1) is 27.5. The molecular weight excluding hydrogens is 462 g/mol. The van der Waals surface area contributed by atoms with Crippen LogP contribution in [0.1, 0.15) is 66.2 Å². The van der Waals surface area contributed by atoms with E-state index < -0.39 is 11.7 Å². The quantitative estimate of drug-likeness (QED) is 0.313. The smallest absolute Gasteiger partial charge is 0.407 e. The van der Waals surface area contributed by atoms with Crippen molar-refractivity contribution >= 4 is 23.9 Å². The summed E-state index contributed by atoms with van der Waals surface area (Å²) in [6.07, 6.45) is 8.34. The van der Waals surface area contributed by atoms with E-state index in [1.165, 1.54) is 0 Å². The van der Waals surface area contributed by atoms with Gasteiger partial charge >= 0.3 is 12.1 Å². The minimum Gasteiger partial charge on any atom is -0.490 e. The lowest BCUT2D eigenvalue weighted by Crippen LogP contribution is -2.40. The number of carbonyl (C=O) groups is 2. The van der Waals surface area contributed by atoms with Crippen molar-refractivity contribution in [1.29, 1.82) is 0 Å². The van der Waals surface area contributed by atoms with Crippen LogP contribution < -0.4 is 20.7 Å². The molecule has 2 aliphatic heterocycles. The van der Waals surface area contributed by atoms with E-state index in [0.717, 1.165) is 51.7 Å². The van der Waals surface area contributed by atoms with Gasteiger partial charge in [0.05, 0.1) is 25.0 Å². The molecule has 0 radical (unpaired) electrons. The van der Waals surface area contributed by atoms with Crippen LogP contribution in [-0.2, 0) is 4.74 Å². The maximum Gasteiger partial charge on any atom is 0.407 e. The largest absolute Gasteiger partial charge is 0.490 e. The zero-order valence-corrected chi connectivity index (χ0v) is 22.0. The number of ether oxygens (including phenoxy) is 2. The van der Waals surface area contributed by atoms with Gasteiger partial charge in [-0.3, -0.25) is 0 Å². The molecule has 2 saturated heterocycles. The lowest BCUT2D eigenvalue weighted by atomic mass is 9.92. The third-order valence-electron chi connectivity index (χ3n) is 6.32. The van der Waals surface area contributed by atoms with Gasteiger partial charge in [-0.2, -0.15) is 4.99 Å². The third kappa shape index (κ3) is 8.83. The number of nitrogens with two attached hydrogens (primary N) is 1. The fraction of sp³-hybridized carbons (Fsp3) is 0.720. The van der Waals surface area contributed by atoms with Crippen LogP contribution in [-0.4, -0.2) is 77.3 Å². The number of likely N-dealkylation sites (tertiary alicyclic amines) is 1. The third-order valence-corrected chi connectivity index (χ3v) is 6.32. The van der Waals surface area contributed by atoms with Crippen LogP contribution in [0.5, 0.6) is 5.75 Å². The van der Waals surface area contributed by atoms with Gasteiger partial charge in [-0.05, 0) is 58.8 Å². The molecule has 36 heavy (non-hydrogen) atoms. The molecule has 3 amide bonds. The summed E-state index contributed by atoms with van der Waals surface area (Å²) in [5.41, 5.74) is 5.16. The van der Waals surface area contributed by atoms with Gasteiger partial charge in [-0.1, -0.05) is 6.92 Å². The summed E-state index contributed by atoms with van der Waals surface area (Å²) in [4.78, 5) is 40.7. The van der Waals surface area contributed by atoms with E-state index >= 15 is 0 Å². The number of aliphatic imine (C=N–C) groups is 1. The number of nitrogens with one attached hydrogen (secondary N) is 1. The monoisotopic (exact) mass is 503 g/mol. The van der Waals surface area contributed by atoms with Crippen LogP contribution in [0.2, 0.25) is 0 Å². The van der Waals surface area contributed by atoms with Crippen molar-refractivity contribution in [3.05, 3.63) is 12.4 Å². The van der Waals surface area contributed by atoms with Crippen LogP contribution in [0.3, 0.4) is 0 Å². The molecule has 11 heteroatoms. The molecule has 1 unspecified atom stereocenters. The van der Waals surface area contributed by atoms with E-state index in [0.29, 0.717) is 43.0 Å². The first-order valence-corrected chi connectivity index (χ1v) is 12.9. The number of piperidine rings is 1. The van der Waals surface area contributed by atoms with Gasteiger partial charge in [0.2, 0.25) is 5.95 Å². The summed E-state index contributed by atoms with van der Waals surface area (Å²) in [5.74, 6) is 2.24. The first-order chi connectivity index (χ1) is 17.1. The molecule has 11 nitrogen and oxygen atoms in total. The van der Waals surface area contributed by atoms with Crippen LogP contribution in [0, 0.1) is 5.92 Å². The average Bonchev–Trinajstić information content (AvgIpc) is 3.29. The number of hydrogen-bond donors (Lipinski definition) is 2. The van der Waals surface area contributed by atoms with Crippen molar-refractivity contribution < 1.29 is 19.1 Å². The highest BCUT2D eigenvalue weighted by atomic mass is 16.6. The molecule has 1 aromatic heterocycles. The number of amides is 3. The summed E-state index contributed by atoms with van der Waals surface area (Å²) in [7, 11) is 0. The van der Waals surface area contributed by atoms with E-state index in [1.807, 2.05) is 32.6 Å². The van der Waals surface area contributed by atoms with Gasteiger partial charge in [0.15, 0.2) is 5.75 Å². The Morgan fingerprint density at radius 3 is 2.50 bits per heavy atom. The highest BCUT2D eigenvalue weighted by Crippen LogP contribution is 2.23. The average molecular weight is 504 g/mol. The second-order valence-corrected chi connectivity index (χ2v) is 10.5. The molecule has 0 spiro atoms. The Bertz CT molecular complexity index is 893. The summed E-state index contributed by atoms with van der Waals surface area (Å²) < 4.78 is 11.2. The number of aromatic nitrogens is 2. The number of urea groups is 1. The lowest BCUT2D eigenvalue weighted by molar-refractivity contribution is 0.0509. The Balaban J connectivity index is 1.32. The highest BCUT2D eigenvalue weighted by Gasteiger charge is 2.27. The standard InChI is InChI=1S/C25H41N7O4/c1-5-21(26)30-23(33)31-11-8-18(9-12-31)7-6-14-35-20-15-27-22(28-16-20)32-13-10-19(17-32)29-24(34)36-25(2,3)4/h15-16,18-19H,5-14,17H2,1-4H3,(H,29,34)(H2,26,30,33). The number of carbonyl (C=O) groups excluding carboxylic acids is 2. The lowest BCUT2D eigenvalue weighted by Gasteiger charge is -2.30. The zero-order chi connectivity index (χ0) is 26.1. The van der Waals surface area contributed by atoms with Gasteiger partial charge in [0.1, 0.15) is 11.4 Å². The van der Waals surface area contributed by atoms with Gasteiger partial charge in [0, 0.05) is 32.6 Å². The topological polar surface area (TPSA) is 135 Å². The van der Waals surface area contributed by atoms with Gasteiger partial charge in [0.25, 0.3) is 0 Å². The number of nitrogens with zero attached hydrogens (tertiary/aromatic N) is 5. The Kier molecular flexibility index (Phi) is 9.72. The Labute approximate surface area is 213 Å². The molecule has 1 atom stereocenters. The Morgan fingerprint density at radius 1 is 1.17 bits per heavy atom. The Hall–Kier alpha value is -3.11. The van der Waals surface area contributed by atoms with Crippen LogP contribution in [0.25, 0.3) is 0 Å². The molecule has 0 aliphatic carbocycles. The number of hydrogen-bond acceptors (Lipinski definition) is 7. The van der Waals surface area contributed by atoms with E-state index in [1.54, 1.807) is 17.3 Å². The first-order valence-electron chi connectivity index (χ1n) is 12.9. The van der Waals surface area contributed by atoms with E-state index in [-0.39, 0.29) is 12.1 Å². The molecule has 2 fully saturated rings. The minimum atomic E-state index is -0.516. The van der Waals surface area contributed by atoms with E-state index in [2.05, 4.69) is 20.3 Å². The number of alkyl carbamates (subject to hydrolysis) is 1. The van der Waals surface area contributed by atoms with Gasteiger partial charge < -0.3 is 30.3 Å². The molecule has 0 bridgehead atoms. The summed E-state index contributed by atoms with van der Waals surface area (Å²) in [6, 6.07) is -0.213. The number of rotatable bonds is 8. The summed E-state index contributed by atoms with van der Waals surface area (Å²) >= 11 is 0. The van der Waals surface area contributed by atoms with Crippen molar-refractivity contribution in [3.63, 3.8) is 0 Å². The highest BCUT2D eigenvalue weighted by molar-refractivity contribution is 5.92. The molecule has 1 aromatic rings. The normalized spacial score (nSPS) is 19.3. The molecule has 3 rings (SSSR count). The SMILES string of the molecule is CC/C(N)=N/C(=O)N1CCC(CCCOc2cnc(N3CCC(NC(=O)OC(C)(C)C)C3)nc2)CC1. The molecule has 0 saturated carbocycles. The fourth-order valence-electron chi connectivity index (χ4n) is 4.33. The maximum absolute atomic E-state index is 12.1. The van der Waals surface area contributed by atoms with Crippen molar-refractivity contribution in [2.75, 3.05) is 37.7 Å². The maximum atomic E-state index is 12.1. The molecule has 2 aliphatic rings. The van der Waals surface area contributed by atoms with E-state index in [9.17, 15) is 9.59 Å². The number of anilines is 1. The second kappa shape index (κ2) is 12.7. The summed E-state index contributed by atoms with van der Waals surface area (Å²) in [6.45, 7) is 10.9. The van der Waals surface area contributed by atoms with Crippen LogP contribution in [0.4, 0.5) is 15.5 Å². The minimum absolute atomic E-state index is 0.00608. The predicted octanol–water partition coefficient (Wildman–Crippen LogP) is 3.34. The van der Waals surface area contributed by atoms with Crippen molar-refractivity contribution in [3.8, 4) is 5.75 Å². The van der Waals surface area contributed by atoms with Gasteiger partial charge in [-0.15, -0.1) is 0 Å². The van der Waals surface area contributed by atoms with Crippen LogP contribution in [0.15, 0.2) is 17.4 Å². The molecule has 3 N–H and O–H groups in total. The van der Waals surface area contributed by atoms with Crippen molar-refractivity contribution in [2.24, 2.45) is 16.6 Å². The molecule has 0 aromatic carbocycles.